The molecule has 0 aromatic heterocycles. The normalized spacial score (nSPS) is 27.3. The summed E-state index contributed by atoms with van der Waals surface area (Å²) in [6.45, 7) is 0.362. The minimum atomic E-state index is -0.585. The van der Waals surface area contributed by atoms with Gasteiger partial charge in [0.1, 0.15) is 5.75 Å². The number of hydrogen-bond donors (Lipinski definition) is 0. The van der Waals surface area contributed by atoms with E-state index in [0.29, 0.717) is 18.0 Å². The van der Waals surface area contributed by atoms with Crippen molar-refractivity contribution >= 4 is 39.5 Å². The number of hydrogen-bond acceptors (Lipinski definition) is 4. The second-order valence-corrected chi connectivity index (χ2v) is 8.33. The fourth-order valence-corrected chi connectivity index (χ4v) is 4.79. The number of nitrogens with zero attached hydrogens (tertiary/aromatic N) is 2. The molecule has 3 heterocycles. The van der Waals surface area contributed by atoms with E-state index in [-0.39, 0.29) is 17.7 Å². The van der Waals surface area contributed by atoms with E-state index < -0.39 is 24.0 Å². The van der Waals surface area contributed by atoms with Gasteiger partial charge in [0.25, 0.3) is 0 Å². The molecule has 0 saturated carbocycles. The lowest BCUT2D eigenvalue weighted by molar-refractivity contribution is -0.125. The van der Waals surface area contributed by atoms with Crippen LogP contribution in [0, 0.1) is 17.8 Å². The maximum atomic E-state index is 13.2. The molecule has 146 valence electrons. The van der Waals surface area contributed by atoms with Crippen molar-refractivity contribution in [2.24, 2.45) is 17.8 Å². The van der Waals surface area contributed by atoms with Crippen molar-refractivity contribution in [1.82, 2.24) is 4.90 Å². The monoisotopic (exact) mass is 452 g/mol. The smallest absolute Gasteiger partial charge is 0.410 e. The Hall–Kier alpha value is -2.93. The zero-order valence-electron chi connectivity index (χ0n) is 15.3. The lowest BCUT2D eigenvalue weighted by Gasteiger charge is -2.45. The average molecular weight is 453 g/mol. The minimum Gasteiger partial charge on any atom is -0.410 e. The number of carbonyl (C=O) groups is 3. The maximum absolute atomic E-state index is 13.2. The van der Waals surface area contributed by atoms with E-state index >= 15 is 0 Å². The first kappa shape index (κ1) is 18.1. The van der Waals surface area contributed by atoms with E-state index in [2.05, 4.69) is 15.9 Å². The first-order valence-corrected chi connectivity index (χ1v) is 10.2. The molecule has 0 unspecified atom stereocenters. The van der Waals surface area contributed by atoms with Crippen molar-refractivity contribution in [2.45, 2.75) is 6.04 Å². The molecule has 6 nitrogen and oxygen atoms in total. The summed E-state index contributed by atoms with van der Waals surface area (Å²) in [4.78, 5) is 42.0. The summed E-state index contributed by atoms with van der Waals surface area (Å²) in [7, 11) is 0. The molecule has 3 amide bonds. The summed E-state index contributed by atoms with van der Waals surface area (Å²) >= 11 is 3.37. The molecule has 2 fully saturated rings. The quantitative estimate of drug-likeness (QED) is 0.515. The van der Waals surface area contributed by atoms with E-state index in [4.69, 9.17) is 4.74 Å². The van der Waals surface area contributed by atoms with Crippen molar-refractivity contribution in [3.05, 3.63) is 71.2 Å². The third-order valence-corrected chi connectivity index (χ3v) is 6.35. The fourth-order valence-electron chi connectivity index (χ4n) is 4.53. The Morgan fingerprint density at radius 2 is 1.62 bits per heavy atom. The van der Waals surface area contributed by atoms with E-state index in [0.717, 1.165) is 4.47 Å². The van der Waals surface area contributed by atoms with Gasteiger partial charge in [-0.1, -0.05) is 46.3 Å². The number of anilines is 1. The number of carbonyl (C=O) groups excluding carboxylic acids is 3. The van der Waals surface area contributed by atoms with E-state index in [1.54, 1.807) is 53.4 Å². The Morgan fingerprint density at radius 1 is 0.931 bits per heavy atom. The van der Waals surface area contributed by atoms with Gasteiger partial charge in [-0.15, -0.1) is 0 Å². The van der Waals surface area contributed by atoms with Crippen molar-refractivity contribution < 1.29 is 19.1 Å². The molecule has 0 radical (unpaired) electrons. The third kappa shape index (κ3) is 2.88. The lowest BCUT2D eigenvalue weighted by atomic mass is 9.70. The molecular formula is C22H17BrN2O4. The SMILES string of the molecule is O=C1[C@@H]2[C@H](C(=O)N1c1ccc(Br)cc1)[C@@H]1C=C[C@H]2CN1C(=O)Oc1ccccc1. The van der Waals surface area contributed by atoms with Crippen LogP contribution in [0.3, 0.4) is 0 Å². The molecule has 4 aliphatic rings. The molecule has 2 saturated heterocycles. The molecule has 0 N–H and O–H groups in total. The van der Waals surface area contributed by atoms with Crippen LogP contribution in [0.2, 0.25) is 0 Å². The first-order chi connectivity index (χ1) is 14.0. The van der Waals surface area contributed by atoms with Crippen LogP contribution in [0.4, 0.5) is 10.5 Å². The van der Waals surface area contributed by atoms with Crippen LogP contribution in [-0.4, -0.2) is 35.4 Å². The predicted molar refractivity (Wildman–Crippen MR) is 109 cm³/mol. The van der Waals surface area contributed by atoms with Crippen LogP contribution in [0.1, 0.15) is 0 Å². The van der Waals surface area contributed by atoms with Gasteiger partial charge in [0.05, 0.1) is 23.6 Å². The molecule has 0 spiro atoms. The van der Waals surface area contributed by atoms with Gasteiger partial charge in [0.2, 0.25) is 11.8 Å². The minimum absolute atomic E-state index is 0.197. The highest BCUT2D eigenvalue weighted by molar-refractivity contribution is 9.10. The molecule has 2 aromatic carbocycles. The Labute approximate surface area is 175 Å². The average Bonchev–Trinajstić information content (AvgIpc) is 3.02. The van der Waals surface area contributed by atoms with Gasteiger partial charge in [0.15, 0.2) is 0 Å². The van der Waals surface area contributed by atoms with Crippen LogP contribution in [0.15, 0.2) is 71.2 Å². The van der Waals surface area contributed by atoms with Crippen molar-refractivity contribution in [3.63, 3.8) is 0 Å². The Kier molecular flexibility index (Phi) is 4.28. The second-order valence-electron chi connectivity index (χ2n) is 7.41. The second kappa shape index (κ2) is 6.84. The Morgan fingerprint density at radius 3 is 2.34 bits per heavy atom. The van der Waals surface area contributed by atoms with Crippen LogP contribution in [0.5, 0.6) is 5.75 Å². The number of rotatable bonds is 2. The third-order valence-electron chi connectivity index (χ3n) is 5.82. The molecule has 1 aliphatic carbocycles. The number of para-hydroxylation sites is 1. The number of benzene rings is 2. The van der Waals surface area contributed by atoms with Gasteiger partial charge < -0.3 is 4.74 Å². The molecule has 29 heavy (non-hydrogen) atoms. The number of piperidine rings is 1. The number of imide groups is 1. The molecule has 2 aromatic rings. The van der Waals surface area contributed by atoms with Gasteiger partial charge in [-0.25, -0.2) is 9.69 Å². The number of halogens is 1. The van der Waals surface area contributed by atoms with Crippen LogP contribution >= 0.6 is 15.9 Å². The van der Waals surface area contributed by atoms with Crippen molar-refractivity contribution in [3.8, 4) is 5.75 Å². The molecule has 3 aliphatic heterocycles. The Balaban J connectivity index is 1.43. The topological polar surface area (TPSA) is 66.9 Å². The van der Waals surface area contributed by atoms with Gasteiger partial charge in [0, 0.05) is 16.9 Å². The lowest BCUT2D eigenvalue weighted by Crippen LogP contribution is -2.58. The van der Waals surface area contributed by atoms with Crippen molar-refractivity contribution in [2.75, 3.05) is 11.4 Å². The zero-order chi connectivity index (χ0) is 20.1. The highest BCUT2D eigenvalue weighted by Crippen LogP contribution is 2.46. The predicted octanol–water partition coefficient (Wildman–Crippen LogP) is 3.62. The summed E-state index contributed by atoms with van der Waals surface area (Å²) < 4.78 is 6.35. The number of ether oxygens (including phenoxy) is 1. The van der Waals surface area contributed by atoms with Crippen LogP contribution < -0.4 is 9.64 Å². The zero-order valence-corrected chi connectivity index (χ0v) is 16.9. The van der Waals surface area contributed by atoms with Crippen LogP contribution in [-0.2, 0) is 9.59 Å². The van der Waals surface area contributed by atoms with Gasteiger partial charge in [-0.3, -0.25) is 14.5 Å². The number of amides is 3. The molecule has 2 bridgehead atoms. The van der Waals surface area contributed by atoms with E-state index in [1.807, 2.05) is 18.2 Å². The summed E-state index contributed by atoms with van der Waals surface area (Å²) in [5.74, 6) is -1.24. The summed E-state index contributed by atoms with van der Waals surface area (Å²) in [6, 6.07) is 15.4. The first-order valence-electron chi connectivity index (χ1n) is 9.40. The van der Waals surface area contributed by atoms with Gasteiger partial charge >= 0.3 is 6.09 Å². The fraction of sp³-hybridized carbons (Fsp3) is 0.227. The van der Waals surface area contributed by atoms with Crippen molar-refractivity contribution in [1.29, 1.82) is 0 Å². The highest BCUT2D eigenvalue weighted by atomic mass is 79.9. The summed E-state index contributed by atoms with van der Waals surface area (Å²) in [5.41, 5.74) is 0.551. The molecular weight excluding hydrogens is 436 g/mol. The molecule has 7 heteroatoms. The van der Waals surface area contributed by atoms with Crippen LogP contribution in [0.25, 0.3) is 0 Å². The largest absolute Gasteiger partial charge is 0.415 e. The van der Waals surface area contributed by atoms with Gasteiger partial charge in [-0.05, 0) is 36.4 Å². The number of fused-ring (bicyclic) bond motifs is 1. The van der Waals surface area contributed by atoms with E-state index in [9.17, 15) is 14.4 Å². The summed E-state index contributed by atoms with van der Waals surface area (Å²) in [5, 5.41) is 0. The highest BCUT2D eigenvalue weighted by Gasteiger charge is 2.60. The van der Waals surface area contributed by atoms with E-state index in [1.165, 1.54) is 4.90 Å². The molecule has 6 rings (SSSR count). The molecule has 4 atom stereocenters. The maximum Gasteiger partial charge on any atom is 0.415 e. The Bertz CT molecular complexity index is 1020. The summed E-state index contributed by atoms with van der Waals surface area (Å²) in [6.07, 6.45) is 3.31. The van der Waals surface area contributed by atoms with Gasteiger partial charge in [-0.2, -0.15) is 0 Å². The standard InChI is InChI=1S/C22H17BrN2O4/c23-14-7-9-15(10-8-14)25-20(26)18-13-6-11-17(19(18)21(25)27)24(12-13)22(28)29-16-4-2-1-3-5-16/h1-11,13,17-19H,12H2/t13-,17-,18-,19+/m0/s1.